The second-order valence-corrected chi connectivity index (χ2v) is 7.69. The van der Waals surface area contributed by atoms with Crippen molar-refractivity contribution in [1.82, 2.24) is 10.2 Å². The number of carbonyl (C=O) groups is 1. The Morgan fingerprint density at radius 2 is 1.73 bits per heavy atom. The highest BCUT2D eigenvalue weighted by atomic mass is 16.5. The Balaban J connectivity index is 1.65. The summed E-state index contributed by atoms with van der Waals surface area (Å²) >= 11 is 0. The molecule has 1 atom stereocenters. The highest BCUT2D eigenvalue weighted by Gasteiger charge is 2.25. The van der Waals surface area contributed by atoms with Crippen LogP contribution in [0.25, 0.3) is 0 Å². The average molecular weight is 359 g/mol. The van der Waals surface area contributed by atoms with Crippen molar-refractivity contribution in [2.75, 3.05) is 26.2 Å². The molecule has 0 aromatic heterocycles. The van der Waals surface area contributed by atoms with Crippen molar-refractivity contribution in [1.29, 1.82) is 0 Å². The van der Waals surface area contributed by atoms with Crippen molar-refractivity contribution in [2.24, 2.45) is 5.92 Å². The van der Waals surface area contributed by atoms with Crippen molar-refractivity contribution >= 4 is 5.91 Å². The van der Waals surface area contributed by atoms with Gasteiger partial charge in [0.05, 0.1) is 12.6 Å². The molecule has 1 N–H and O–H groups in total. The number of benzene rings is 1. The van der Waals surface area contributed by atoms with E-state index in [-0.39, 0.29) is 17.9 Å². The molecule has 0 spiro atoms. The van der Waals surface area contributed by atoms with Gasteiger partial charge in [0.15, 0.2) is 0 Å². The largest absolute Gasteiger partial charge is 0.494 e. The van der Waals surface area contributed by atoms with Gasteiger partial charge in [0, 0.05) is 12.5 Å². The minimum absolute atomic E-state index is 0.228. The van der Waals surface area contributed by atoms with Gasteiger partial charge in [-0.2, -0.15) is 0 Å². The summed E-state index contributed by atoms with van der Waals surface area (Å²) in [5, 5.41) is 3.28. The summed E-state index contributed by atoms with van der Waals surface area (Å²) < 4.78 is 5.58. The maximum Gasteiger partial charge on any atom is 0.223 e. The van der Waals surface area contributed by atoms with Crippen LogP contribution in [0.15, 0.2) is 24.3 Å². The highest BCUT2D eigenvalue weighted by molar-refractivity contribution is 5.78. The van der Waals surface area contributed by atoms with Gasteiger partial charge in [-0.1, -0.05) is 37.8 Å². The molecule has 4 heteroatoms. The Morgan fingerprint density at radius 1 is 1.08 bits per heavy atom. The molecule has 26 heavy (non-hydrogen) atoms. The second-order valence-electron chi connectivity index (χ2n) is 7.69. The zero-order chi connectivity index (χ0) is 18.2. The predicted octanol–water partition coefficient (Wildman–Crippen LogP) is 4.31. The van der Waals surface area contributed by atoms with Gasteiger partial charge in [-0.15, -0.1) is 0 Å². The van der Waals surface area contributed by atoms with E-state index in [1.54, 1.807) is 0 Å². The molecular formula is C22H34N2O2. The maximum atomic E-state index is 12.6. The average Bonchev–Trinajstić information content (AvgIpc) is 2.71. The molecule has 1 aliphatic heterocycles. The maximum absolute atomic E-state index is 12.6. The number of rotatable bonds is 7. The van der Waals surface area contributed by atoms with E-state index in [4.69, 9.17) is 4.74 Å². The lowest BCUT2D eigenvalue weighted by Crippen LogP contribution is -2.42. The Kier molecular flexibility index (Phi) is 7.36. The van der Waals surface area contributed by atoms with Crippen LogP contribution >= 0.6 is 0 Å². The van der Waals surface area contributed by atoms with Crippen molar-refractivity contribution < 1.29 is 9.53 Å². The first-order valence-corrected chi connectivity index (χ1v) is 10.5. The van der Waals surface area contributed by atoms with E-state index in [0.717, 1.165) is 31.7 Å². The minimum atomic E-state index is 0.228. The Morgan fingerprint density at radius 3 is 2.38 bits per heavy atom. The van der Waals surface area contributed by atoms with Crippen LogP contribution in [0.3, 0.4) is 0 Å². The van der Waals surface area contributed by atoms with Gasteiger partial charge in [0.2, 0.25) is 5.91 Å². The van der Waals surface area contributed by atoms with Crippen molar-refractivity contribution in [3.05, 3.63) is 29.8 Å². The zero-order valence-corrected chi connectivity index (χ0v) is 16.2. The molecular weight excluding hydrogens is 324 g/mol. The van der Waals surface area contributed by atoms with Crippen LogP contribution in [-0.4, -0.2) is 37.0 Å². The molecule has 0 radical (unpaired) electrons. The third-order valence-electron chi connectivity index (χ3n) is 5.85. The minimum Gasteiger partial charge on any atom is -0.494 e. The van der Waals surface area contributed by atoms with Crippen LogP contribution in [0.4, 0.5) is 0 Å². The van der Waals surface area contributed by atoms with Gasteiger partial charge in [0.25, 0.3) is 0 Å². The summed E-state index contributed by atoms with van der Waals surface area (Å²) in [6.45, 7) is 5.65. The molecule has 2 fully saturated rings. The van der Waals surface area contributed by atoms with Gasteiger partial charge in [-0.25, -0.2) is 0 Å². The predicted molar refractivity (Wildman–Crippen MR) is 105 cm³/mol. The van der Waals surface area contributed by atoms with Crippen LogP contribution in [-0.2, 0) is 4.79 Å². The first-order chi connectivity index (χ1) is 12.8. The van der Waals surface area contributed by atoms with Gasteiger partial charge in [-0.05, 0) is 63.4 Å². The van der Waals surface area contributed by atoms with E-state index >= 15 is 0 Å². The summed E-state index contributed by atoms with van der Waals surface area (Å²) in [6, 6.07) is 8.70. The van der Waals surface area contributed by atoms with Crippen molar-refractivity contribution in [3.63, 3.8) is 0 Å². The van der Waals surface area contributed by atoms with Crippen LogP contribution in [0.5, 0.6) is 5.75 Å². The topological polar surface area (TPSA) is 41.6 Å². The molecule has 1 unspecified atom stereocenters. The molecule has 1 heterocycles. The number of amides is 1. The fourth-order valence-corrected chi connectivity index (χ4v) is 4.35. The molecule has 2 aliphatic rings. The molecule has 144 valence electrons. The van der Waals surface area contributed by atoms with Crippen LogP contribution in [0.2, 0.25) is 0 Å². The fourth-order valence-electron chi connectivity index (χ4n) is 4.35. The fraction of sp³-hybridized carbons (Fsp3) is 0.682. The lowest BCUT2D eigenvalue weighted by molar-refractivity contribution is -0.126. The second kappa shape index (κ2) is 9.96. The van der Waals surface area contributed by atoms with E-state index in [1.165, 1.54) is 44.1 Å². The van der Waals surface area contributed by atoms with Crippen LogP contribution in [0.1, 0.15) is 69.9 Å². The summed E-state index contributed by atoms with van der Waals surface area (Å²) in [6.07, 6.45) is 9.63. The molecule has 1 amide bonds. The van der Waals surface area contributed by atoms with Gasteiger partial charge in [0.1, 0.15) is 5.75 Å². The Labute approximate surface area is 158 Å². The van der Waals surface area contributed by atoms with E-state index in [2.05, 4.69) is 34.5 Å². The molecule has 1 aromatic carbocycles. The molecule has 1 aliphatic carbocycles. The number of likely N-dealkylation sites (tertiary alicyclic amines) is 1. The highest BCUT2D eigenvalue weighted by Crippen LogP contribution is 2.27. The monoisotopic (exact) mass is 358 g/mol. The quantitative estimate of drug-likeness (QED) is 0.790. The SMILES string of the molecule is CCOc1ccc(C(CNC(=O)C2CCCCC2)N2CCCCC2)cc1. The molecule has 3 rings (SSSR count). The number of hydrogen-bond donors (Lipinski definition) is 1. The molecule has 4 nitrogen and oxygen atoms in total. The third kappa shape index (κ3) is 5.23. The number of piperidine rings is 1. The van der Waals surface area contributed by atoms with Crippen LogP contribution < -0.4 is 10.1 Å². The first-order valence-electron chi connectivity index (χ1n) is 10.5. The number of hydrogen-bond acceptors (Lipinski definition) is 3. The number of nitrogens with zero attached hydrogens (tertiary/aromatic N) is 1. The van der Waals surface area contributed by atoms with E-state index < -0.39 is 0 Å². The van der Waals surface area contributed by atoms with Gasteiger partial charge >= 0.3 is 0 Å². The zero-order valence-electron chi connectivity index (χ0n) is 16.2. The van der Waals surface area contributed by atoms with Gasteiger partial charge < -0.3 is 10.1 Å². The smallest absolute Gasteiger partial charge is 0.223 e. The summed E-state index contributed by atoms with van der Waals surface area (Å²) in [4.78, 5) is 15.1. The van der Waals surface area contributed by atoms with Crippen LogP contribution in [0, 0.1) is 5.92 Å². The Hall–Kier alpha value is -1.55. The summed E-state index contributed by atoms with van der Waals surface area (Å²) in [7, 11) is 0. The van der Waals surface area contributed by atoms with Gasteiger partial charge in [-0.3, -0.25) is 9.69 Å². The lowest BCUT2D eigenvalue weighted by atomic mass is 9.88. The van der Waals surface area contributed by atoms with Crippen molar-refractivity contribution in [2.45, 2.75) is 64.3 Å². The summed E-state index contributed by atoms with van der Waals surface area (Å²) in [5.74, 6) is 1.41. The number of carbonyl (C=O) groups excluding carboxylic acids is 1. The number of ether oxygens (including phenoxy) is 1. The molecule has 1 saturated heterocycles. The van der Waals surface area contributed by atoms with E-state index in [1.807, 2.05) is 6.92 Å². The standard InChI is InChI=1S/C22H34N2O2/c1-2-26-20-13-11-18(12-14-20)21(24-15-7-4-8-16-24)17-23-22(25)19-9-5-3-6-10-19/h11-14,19,21H,2-10,15-17H2,1H3,(H,23,25). The molecule has 1 aromatic rings. The van der Waals surface area contributed by atoms with Crippen molar-refractivity contribution in [3.8, 4) is 5.75 Å². The first kappa shape index (κ1) is 19.2. The molecule has 0 bridgehead atoms. The Bertz CT molecular complexity index is 546. The normalized spacial score (nSPS) is 20.5. The lowest BCUT2D eigenvalue weighted by Gasteiger charge is -2.35. The van der Waals surface area contributed by atoms with E-state index in [9.17, 15) is 4.79 Å². The van der Waals surface area contributed by atoms with E-state index in [0.29, 0.717) is 13.2 Å². The molecule has 1 saturated carbocycles. The number of nitrogens with one attached hydrogen (secondary N) is 1. The summed E-state index contributed by atoms with van der Waals surface area (Å²) in [5.41, 5.74) is 1.28. The third-order valence-corrected chi connectivity index (χ3v) is 5.85.